The number of likely N-dealkylation sites (tertiary alicyclic amines) is 3. The molecule has 0 amide bonds. The van der Waals surface area contributed by atoms with Crippen molar-refractivity contribution in [2.24, 2.45) is 0 Å². The Bertz CT molecular complexity index is 5740. The van der Waals surface area contributed by atoms with Crippen molar-refractivity contribution < 1.29 is 63.6 Å². The van der Waals surface area contributed by atoms with E-state index in [1.165, 1.54) is 213 Å². The van der Waals surface area contributed by atoms with E-state index in [-0.39, 0.29) is 11.5 Å². The van der Waals surface area contributed by atoms with E-state index in [9.17, 15) is 10.2 Å². The number of phenolic OH excluding ortho intramolecular Hbond substituents is 2. The predicted octanol–water partition coefficient (Wildman–Crippen LogP) is 28.6. The zero-order valence-corrected chi connectivity index (χ0v) is 93.0. The van der Waals surface area contributed by atoms with Crippen LogP contribution in [0.4, 0.5) is 0 Å². The summed E-state index contributed by atoms with van der Waals surface area (Å²) in [5.41, 5.74) is 22.9. The molecule has 0 radical (unpaired) electrons. The molecule has 14 aromatic rings. The van der Waals surface area contributed by atoms with Gasteiger partial charge in [-0.1, -0.05) is 294 Å². The molecule has 5 N–H and O–H groups in total. The smallest absolute Gasteiger partial charge is 0.414 e. The van der Waals surface area contributed by atoms with Gasteiger partial charge in [-0.05, 0) is 330 Å². The number of aryl methyl sites for hydroxylation is 5. The van der Waals surface area contributed by atoms with E-state index in [2.05, 4.69) is 381 Å². The zero-order chi connectivity index (χ0) is 98.7. The first-order valence-corrected chi connectivity index (χ1v) is 56.1. The second kappa shape index (κ2) is 59.9. The topological polar surface area (TPSA) is 223 Å². The largest absolute Gasteiger partial charge is 0.508 e. The Hall–Kier alpha value is -8.69. The first kappa shape index (κ1) is 111. The van der Waals surface area contributed by atoms with Crippen LogP contribution in [0.25, 0.3) is 66.5 Å². The van der Waals surface area contributed by atoms with Gasteiger partial charge in [-0.2, -0.15) is 0 Å². The fourth-order valence-corrected chi connectivity index (χ4v) is 17.5. The average molecular weight is 2540 g/mol. The van der Waals surface area contributed by atoms with Gasteiger partial charge in [-0.25, -0.2) is 9.59 Å². The highest BCUT2D eigenvalue weighted by atomic mass is 127. The van der Waals surface area contributed by atoms with Gasteiger partial charge in [0.2, 0.25) is 0 Å². The second-order valence-electron chi connectivity index (χ2n) is 34.3. The SMILES string of the molecule is CC(=O)O.CI.Cc1c(-c2ccc(O)cc2)n(Cc2ccc(OCCN3CCCCCC3)cc2)c2ccc(O)cc12.Cc1ccc2c(c1)c(C)c(-c1ccc(OCc3ccccc3)cc1)n2Cc1ccc(OCCN2CCCCCC2)cc1.Cc1ccc2c(c1)c(C)c(-c1ccc(OCc3ccccc3)cc1)n2Cc1ccc(OCCN2CCCCCC2)cc1.IC(I)I.ICI.O=C(O)C(=O)O. The molecule has 3 saturated heterocycles. The highest BCUT2D eigenvalue weighted by Crippen LogP contribution is 2.41. The Morgan fingerprint density at radius 2 is 0.572 bits per heavy atom. The predicted molar refractivity (Wildman–Crippen MR) is 616 cm³/mol. The van der Waals surface area contributed by atoms with Crippen molar-refractivity contribution in [1.29, 1.82) is 0 Å². The number of hydrogen-bond donors (Lipinski definition) is 5. The molecule has 0 spiro atoms. The van der Waals surface area contributed by atoms with Gasteiger partial charge in [-0.15, -0.1) is 0 Å². The average Bonchev–Trinajstić information content (AvgIpc) is 1.62. The van der Waals surface area contributed by atoms with Crippen LogP contribution in [0.3, 0.4) is 0 Å². The molecule has 17 rings (SSSR count). The monoisotopic (exact) mass is 2540 g/mol. The van der Waals surface area contributed by atoms with Gasteiger partial charge in [0.1, 0.15) is 73.2 Å². The van der Waals surface area contributed by atoms with Crippen LogP contribution in [-0.4, -0.2) is 158 Å². The highest BCUT2D eigenvalue weighted by Gasteiger charge is 2.23. The zero-order valence-electron chi connectivity index (χ0n) is 80.1. The lowest BCUT2D eigenvalue weighted by Gasteiger charge is -2.19. The molecular weight excluding hydrogens is 2410 g/mol. The fourth-order valence-electron chi connectivity index (χ4n) is 17.5. The van der Waals surface area contributed by atoms with Gasteiger partial charge in [0, 0.05) is 78.9 Å². The van der Waals surface area contributed by atoms with Crippen LogP contribution in [-0.2, 0) is 47.2 Å². The molecule has 0 aliphatic carbocycles. The molecule has 3 aromatic heterocycles. The molecule has 11 aromatic carbocycles. The summed E-state index contributed by atoms with van der Waals surface area (Å²) in [5, 5.41) is 45.7. The van der Waals surface area contributed by atoms with Crippen LogP contribution in [0.2, 0.25) is 0 Å². The van der Waals surface area contributed by atoms with Crippen molar-refractivity contribution in [3.8, 4) is 74.0 Å². The van der Waals surface area contributed by atoms with E-state index in [1.54, 1.807) is 18.2 Å². The maximum Gasteiger partial charge on any atom is 0.414 e. The van der Waals surface area contributed by atoms with E-state index in [0.717, 1.165) is 116 Å². The molecule has 0 atom stereocenters. The van der Waals surface area contributed by atoms with Crippen LogP contribution in [0.5, 0.6) is 40.2 Å². The first-order chi connectivity index (χ1) is 66.9. The molecule has 3 fully saturated rings. The summed E-state index contributed by atoms with van der Waals surface area (Å²) >= 11 is 13.6. The molecule has 3 aliphatic rings. The van der Waals surface area contributed by atoms with E-state index >= 15 is 0 Å². The number of alkyl halides is 6. The van der Waals surface area contributed by atoms with Crippen molar-refractivity contribution in [3.63, 3.8) is 0 Å². The molecule has 25 heteroatoms. The summed E-state index contributed by atoms with van der Waals surface area (Å²) in [6.07, 6.45) is 16.0. The number of rotatable bonds is 27. The number of aromatic nitrogens is 3. The van der Waals surface area contributed by atoms with Crippen molar-refractivity contribution >= 4 is 186 Å². The molecule has 0 unspecified atom stereocenters. The minimum Gasteiger partial charge on any atom is -0.508 e. The third-order valence-electron chi connectivity index (χ3n) is 24.2. The molecule has 732 valence electrons. The van der Waals surface area contributed by atoms with Crippen molar-refractivity contribution in [2.75, 3.05) is 86.1 Å². The number of ether oxygens (including phenoxy) is 5. The van der Waals surface area contributed by atoms with Crippen LogP contribution in [0, 0.1) is 34.6 Å². The summed E-state index contributed by atoms with van der Waals surface area (Å²) in [7, 11) is 0. The van der Waals surface area contributed by atoms with E-state index in [0.29, 0.717) is 19.8 Å². The summed E-state index contributed by atoms with van der Waals surface area (Å²) in [6, 6.07) is 89.8. The number of halogens is 6. The summed E-state index contributed by atoms with van der Waals surface area (Å²) in [4.78, 5) is 36.8. The number of carbonyl (C=O) groups is 3. The van der Waals surface area contributed by atoms with Crippen molar-refractivity contribution in [2.45, 2.75) is 151 Å². The Balaban J connectivity index is 0.000000195. The third kappa shape index (κ3) is 36.1. The number of aromatic hydroxyl groups is 2. The number of carboxylic acids is 3. The van der Waals surface area contributed by atoms with Crippen LogP contribution in [0.1, 0.15) is 140 Å². The quantitative estimate of drug-likeness (QED) is 0.0183. The van der Waals surface area contributed by atoms with Gasteiger partial charge < -0.3 is 62.9 Å². The molecule has 6 heterocycles. The number of fused-ring (bicyclic) bond motifs is 3. The van der Waals surface area contributed by atoms with E-state index < -0.39 is 17.9 Å². The number of carboxylic acid groups (broad SMARTS) is 3. The van der Waals surface area contributed by atoms with Crippen molar-refractivity contribution in [1.82, 2.24) is 28.4 Å². The number of hydrogen-bond acceptors (Lipinski definition) is 13. The molecular formula is C113H130I6N6O13. The Kier molecular flexibility index (Phi) is 48.3. The Labute approximate surface area is 896 Å². The molecule has 0 bridgehead atoms. The standard InChI is InChI=1S/2C38H42N2O2.C30H34N2O3.C2H2O4.C2H4O2.CHI3.CH2I2.CH3I/c2*1-29-12-21-37-36(26-29)30(2)38(33-15-19-35(20-16-33)42-28-32-10-6-5-7-11-32)40(37)27-31-13-17-34(18-14-31)41-25-24-39-22-8-3-4-9-23-39;1-22-28-20-26(34)12-15-29(28)32(30(22)24-8-10-25(33)11-9-24)21-23-6-13-27(14-7-23)35-19-18-31-16-4-2-3-5-17-31;3-1(4)2(5)6;1-2(3)4;2-1(3)4;2-1-3;1-2/h2*5-7,10-21,26H,3-4,8-9,22-25,27-28H2,1-2H3;6-15,20,33-34H,2-5,16-19,21H2,1H3;(H,3,4)(H,5,6);1H3,(H,3,4);1H;1H2;1H3. The summed E-state index contributed by atoms with van der Waals surface area (Å²) in [6.45, 7) is 27.8. The number of aliphatic carboxylic acids is 3. The lowest BCUT2D eigenvalue weighted by molar-refractivity contribution is -0.159. The van der Waals surface area contributed by atoms with Gasteiger partial charge in [0.05, 0.1) is 19.5 Å². The molecule has 138 heavy (non-hydrogen) atoms. The van der Waals surface area contributed by atoms with Gasteiger partial charge in [-0.3, -0.25) is 19.5 Å². The first-order valence-electron chi connectivity index (χ1n) is 47.1. The van der Waals surface area contributed by atoms with Gasteiger partial charge in [0.25, 0.3) is 5.97 Å². The summed E-state index contributed by atoms with van der Waals surface area (Å²) < 4.78 is 39.6. The second-order valence-corrected chi connectivity index (χ2v) is 49.6. The third-order valence-corrected chi connectivity index (χ3v) is 24.2. The Morgan fingerprint density at radius 1 is 0.326 bits per heavy atom. The van der Waals surface area contributed by atoms with Gasteiger partial charge >= 0.3 is 11.9 Å². The van der Waals surface area contributed by atoms with E-state index in [1.807, 2.05) is 65.6 Å². The lowest BCUT2D eigenvalue weighted by Crippen LogP contribution is -2.29. The fraction of sp³-hybridized carbons (Fsp3) is 0.336. The van der Waals surface area contributed by atoms with Crippen LogP contribution >= 0.6 is 136 Å². The highest BCUT2D eigenvalue weighted by molar-refractivity contribution is 14.3. The lowest BCUT2D eigenvalue weighted by atomic mass is 10.1. The Morgan fingerprint density at radius 3 is 0.855 bits per heavy atom. The van der Waals surface area contributed by atoms with Crippen LogP contribution in [0.15, 0.2) is 261 Å². The summed E-state index contributed by atoms with van der Waals surface area (Å²) in [5.74, 6) is 0.587. The van der Waals surface area contributed by atoms with Crippen molar-refractivity contribution in [3.05, 3.63) is 316 Å². The normalized spacial score (nSPS) is 13.3. The number of phenols is 2. The number of benzene rings is 11. The molecule has 19 nitrogen and oxygen atoms in total. The van der Waals surface area contributed by atoms with Crippen LogP contribution < -0.4 is 23.7 Å². The minimum atomic E-state index is -1.82. The number of nitrogens with zero attached hydrogens (tertiary/aromatic N) is 6. The molecule has 0 saturated carbocycles. The maximum absolute atomic E-state index is 10.1. The van der Waals surface area contributed by atoms with Gasteiger partial charge in [0.15, 0.2) is 0 Å². The molecule has 3 aliphatic heterocycles. The maximum atomic E-state index is 10.1. The van der Waals surface area contributed by atoms with E-state index in [4.69, 9.17) is 53.4 Å². The minimum absolute atomic E-state index is 0.248.